The van der Waals surface area contributed by atoms with E-state index in [9.17, 15) is 9.59 Å². The molecule has 2 amide bonds. The van der Waals surface area contributed by atoms with E-state index in [0.29, 0.717) is 0 Å². The molecule has 5 nitrogen and oxygen atoms in total. The summed E-state index contributed by atoms with van der Waals surface area (Å²) in [6, 6.07) is 5.69. The second kappa shape index (κ2) is 5.25. The summed E-state index contributed by atoms with van der Waals surface area (Å²) in [5.41, 5.74) is 2.78. The molecule has 0 unspecified atom stereocenters. The number of hydrogen-bond acceptors (Lipinski definition) is 3. The van der Waals surface area contributed by atoms with Crippen LogP contribution in [0.1, 0.15) is 22.8 Å². The van der Waals surface area contributed by atoms with Crippen molar-refractivity contribution in [2.75, 3.05) is 37.6 Å². The Kier molecular flexibility index (Phi) is 3.44. The minimum Gasteiger partial charge on any atom is -0.336 e. The first-order chi connectivity index (χ1) is 9.66. The smallest absolute Gasteiger partial charge is 0.253 e. The van der Waals surface area contributed by atoms with Crippen LogP contribution in [0.25, 0.3) is 0 Å². The van der Waals surface area contributed by atoms with Gasteiger partial charge >= 0.3 is 0 Å². The zero-order valence-corrected chi connectivity index (χ0v) is 11.7. The maximum atomic E-state index is 12.4. The van der Waals surface area contributed by atoms with E-state index in [1.165, 1.54) is 0 Å². The Hall–Kier alpha value is -1.88. The molecular weight excluding hydrogens is 254 g/mol. The monoisotopic (exact) mass is 273 g/mol. The lowest BCUT2D eigenvalue weighted by Crippen LogP contribution is -2.46. The topological polar surface area (TPSA) is 52.7 Å². The predicted octanol–water partition coefficient (Wildman–Crippen LogP) is 0.641. The van der Waals surface area contributed by atoms with Crippen LogP contribution in [0.4, 0.5) is 5.69 Å². The van der Waals surface area contributed by atoms with Crippen molar-refractivity contribution in [1.82, 2.24) is 10.2 Å². The van der Waals surface area contributed by atoms with Gasteiger partial charge in [0.25, 0.3) is 5.91 Å². The van der Waals surface area contributed by atoms with Crippen LogP contribution < -0.4 is 10.2 Å². The highest BCUT2D eigenvalue weighted by molar-refractivity contribution is 5.97. The van der Waals surface area contributed by atoms with Crippen molar-refractivity contribution in [2.24, 2.45) is 0 Å². The number of hydrogen-bond donors (Lipinski definition) is 1. The molecular formula is C15H19N3O2. The van der Waals surface area contributed by atoms with Gasteiger partial charge < -0.3 is 15.1 Å². The lowest BCUT2D eigenvalue weighted by Gasteiger charge is -2.27. The number of nitrogens with one attached hydrogen (secondary N) is 1. The van der Waals surface area contributed by atoms with E-state index in [-0.39, 0.29) is 11.8 Å². The van der Waals surface area contributed by atoms with Crippen molar-refractivity contribution >= 4 is 17.5 Å². The van der Waals surface area contributed by atoms with E-state index in [1.807, 2.05) is 23.1 Å². The zero-order chi connectivity index (χ0) is 14.1. The third kappa shape index (κ3) is 2.29. The number of carbonyl (C=O) groups excluding carboxylic acids is 2. The van der Waals surface area contributed by atoms with Crippen molar-refractivity contribution in [3.8, 4) is 0 Å². The van der Waals surface area contributed by atoms with E-state index in [1.54, 1.807) is 11.8 Å². The molecule has 0 saturated carbocycles. The Morgan fingerprint density at radius 1 is 1.15 bits per heavy atom. The number of carbonyl (C=O) groups is 2. The molecule has 0 aliphatic carbocycles. The highest BCUT2D eigenvalue weighted by Crippen LogP contribution is 2.29. The summed E-state index contributed by atoms with van der Waals surface area (Å²) in [7, 11) is 0. The molecule has 20 heavy (non-hydrogen) atoms. The van der Waals surface area contributed by atoms with Crippen molar-refractivity contribution in [3.05, 3.63) is 29.3 Å². The molecule has 106 valence electrons. The molecule has 1 aromatic carbocycles. The van der Waals surface area contributed by atoms with Crippen LogP contribution in [0, 0.1) is 0 Å². The lowest BCUT2D eigenvalue weighted by atomic mass is 10.1. The van der Waals surface area contributed by atoms with Crippen LogP contribution in [-0.4, -0.2) is 49.4 Å². The largest absolute Gasteiger partial charge is 0.336 e. The van der Waals surface area contributed by atoms with Gasteiger partial charge in [0.1, 0.15) is 0 Å². The van der Waals surface area contributed by atoms with E-state index < -0.39 is 0 Å². The Morgan fingerprint density at radius 3 is 2.60 bits per heavy atom. The third-order valence-corrected chi connectivity index (χ3v) is 4.01. The Balaban J connectivity index is 1.82. The fourth-order valence-electron chi connectivity index (χ4n) is 2.91. The molecule has 1 aromatic rings. The van der Waals surface area contributed by atoms with Crippen molar-refractivity contribution < 1.29 is 9.59 Å². The van der Waals surface area contributed by atoms with Gasteiger partial charge in [-0.15, -0.1) is 0 Å². The number of nitrogens with zero attached hydrogens (tertiary/aromatic N) is 2. The summed E-state index contributed by atoms with van der Waals surface area (Å²) in [6.07, 6.45) is 0.831. The number of fused-ring (bicyclic) bond motifs is 1. The fourth-order valence-corrected chi connectivity index (χ4v) is 2.91. The summed E-state index contributed by atoms with van der Waals surface area (Å²) in [5, 5.41) is 3.24. The van der Waals surface area contributed by atoms with Crippen LogP contribution in [0.2, 0.25) is 0 Å². The van der Waals surface area contributed by atoms with Crippen LogP contribution >= 0.6 is 0 Å². The van der Waals surface area contributed by atoms with Crippen LogP contribution in [-0.2, 0) is 11.2 Å². The lowest BCUT2D eigenvalue weighted by molar-refractivity contribution is -0.116. The van der Waals surface area contributed by atoms with Gasteiger partial charge in [-0.25, -0.2) is 0 Å². The van der Waals surface area contributed by atoms with Gasteiger partial charge in [0.05, 0.1) is 0 Å². The molecule has 5 heteroatoms. The SMILES string of the molecule is CC(=O)N1CCc2cc(C(=O)N3CCNCC3)ccc21. The molecule has 1 saturated heterocycles. The number of piperazine rings is 1. The molecule has 0 atom stereocenters. The zero-order valence-electron chi connectivity index (χ0n) is 11.7. The molecule has 0 bridgehead atoms. The Morgan fingerprint density at radius 2 is 1.90 bits per heavy atom. The first-order valence-corrected chi connectivity index (χ1v) is 7.08. The quantitative estimate of drug-likeness (QED) is 0.817. The number of anilines is 1. The second-order valence-electron chi connectivity index (χ2n) is 5.31. The van der Waals surface area contributed by atoms with Gasteiger partial charge in [-0.3, -0.25) is 9.59 Å². The Bertz CT molecular complexity index is 550. The number of benzene rings is 1. The molecule has 0 spiro atoms. The molecule has 2 heterocycles. The van der Waals surface area contributed by atoms with Crippen LogP contribution in [0.5, 0.6) is 0 Å². The molecule has 1 fully saturated rings. The van der Waals surface area contributed by atoms with Gasteiger partial charge in [0.2, 0.25) is 5.91 Å². The average molecular weight is 273 g/mol. The van der Waals surface area contributed by atoms with Crippen molar-refractivity contribution in [1.29, 1.82) is 0 Å². The maximum Gasteiger partial charge on any atom is 0.253 e. The first-order valence-electron chi connectivity index (χ1n) is 7.08. The standard InChI is InChI=1S/C15H19N3O2/c1-11(19)18-7-4-12-10-13(2-3-14(12)18)15(20)17-8-5-16-6-9-17/h2-3,10,16H,4-9H2,1H3. The third-order valence-electron chi connectivity index (χ3n) is 4.01. The molecule has 3 rings (SSSR count). The van der Waals surface area contributed by atoms with Gasteiger partial charge in [-0.2, -0.15) is 0 Å². The highest BCUT2D eigenvalue weighted by Gasteiger charge is 2.24. The first kappa shape index (κ1) is 13.1. The second-order valence-corrected chi connectivity index (χ2v) is 5.31. The number of rotatable bonds is 1. The van der Waals surface area contributed by atoms with Crippen molar-refractivity contribution in [3.63, 3.8) is 0 Å². The maximum absolute atomic E-state index is 12.4. The normalized spacial score (nSPS) is 18.1. The van der Waals surface area contributed by atoms with Gasteiger partial charge in [-0.1, -0.05) is 0 Å². The summed E-state index contributed by atoms with van der Waals surface area (Å²) < 4.78 is 0. The van der Waals surface area contributed by atoms with E-state index >= 15 is 0 Å². The van der Waals surface area contributed by atoms with E-state index in [0.717, 1.165) is 56.0 Å². The summed E-state index contributed by atoms with van der Waals surface area (Å²) in [6.45, 7) is 5.53. The number of amides is 2. The summed E-state index contributed by atoms with van der Waals surface area (Å²) in [5.74, 6) is 0.153. The summed E-state index contributed by atoms with van der Waals surface area (Å²) >= 11 is 0. The minimum absolute atomic E-state index is 0.0601. The van der Waals surface area contributed by atoms with Gasteiger partial charge in [0.15, 0.2) is 0 Å². The van der Waals surface area contributed by atoms with Crippen LogP contribution in [0.15, 0.2) is 18.2 Å². The average Bonchev–Trinajstić information content (AvgIpc) is 2.90. The molecule has 1 N–H and O–H groups in total. The predicted molar refractivity (Wildman–Crippen MR) is 76.9 cm³/mol. The highest BCUT2D eigenvalue weighted by atomic mass is 16.2. The van der Waals surface area contributed by atoms with Gasteiger partial charge in [0, 0.05) is 50.9 Å². The van der Waals surface area contributed by atoms with E-state index in [2.05, 4.69) is 5.32 Å². The fraction of sp³-hybridized carbons (Fsp3) is 0.467. The van der Waals surface area contributed by atoms with Crippen LogP contribution in [0.3, 0.4) is 0 Å². The molecule has 2 aliphatic heterocycles. The van der Waals surface area contributed by atoms with Crippen molar-refractivity contribution in [2.45, 2.75) is 13.3 Å². The van der Waals surface area contributed by atoms with E-state index in [4.69, 9.17) is 0 Å². The molecule has 0 aromatic heterocycles. The molecule has 0 radical (unpaired) electrons. The Labute approximate surface area is 118 Å². The van der Waals surface area contributed by atoms with Gasteiger partial charge in [-0.05, 0) is 30.2 Å². The molecule has 2 aliphatic rings. The minimum atomic E-state index is 0.0601. The summed E-state index contributed by atoms with van der Waals surface area (Å²) in [4.78, 5) is 27.6.